The summed E-state index contributed by atoms with van der Waals surface area (Å²) in [6.07, 6.45) is -10.3. The molecule has 0 radical (unpaired) electrons. The first-order valence-corrected chi connectivity index (χ1v) is 13.1. The largest absolute Gasteiger partial charge is 0.496 e. The summed E-state index contributed by atoms with van der Waals surface area (Å²) >= 11 is 2.42. The van der Waals surface area contributed by atoms with E-state index in [-0.39, 0.29) is 41.2 Å². The fourth-order valence-electron chi connectivity index (χ4n) is 3.81. The van der Waals surface area contributed by atoms with Gasteiger partial charge in [0.2, 0.25) is 5.91 Å². The number of hydrogen-bond donors (Lipinski definition) is 2. The van der Waals surface area contributed by atoms with Crippen LogP contribution in [0.1, 0.15) is 26.4 Å². The smallest absolute Gasteiger partial charge is 0.419 e. The Morgan fingerprint density at radius 3 is 2.24 bits per heavy atom. The van der Waals surface area contributed by atoms with Crippen molar-refractivity contribution in [2.24, 2.45) is 0 Å². The zero-order chi connectivity index (χ0) is 30.3. The number of hydrogen-bond acceptors (Lipinski definition) is 4. The van der Waals surface area contributed by atoms with Crippen molar-refractivity contribution in [2.75, 3.05) is 17.7 Å². The molecule has 0 atom stereocenters. The molecule has 2 N–H and O–H groups in total. The number of thiophene rings is 1. The van der Waals surface area contributed by atoms with E-state index >= 15 is 0 Å². The van der Waals surface area contributed by atoms with Gasteiger partial charge in [0.1, 0.15) is 17.4 Å². The van der Waals surface area contributed by atoms with Gasteiger partial charge in [-0.1, -0.05) is 6.07 Å². The van der Waals surface area contributed by atoms with Crippen molar-refractivity contribution in [1.29, 1.82) is 0 Å². The van der Waals surface area contributed by atoms with E-state index in [0.29, 0.717) is 12.1 Å². The Morgan fingerprint density at radius 1 is 0.902 bits per heavy atom. The van der Waals surface area contributed by atoms with Crippen LogP contribution in [-0.2, 0) is 23.6 Å². The summed E-state index contributed by atoms with van der Waals surface area (Å²) in [6, 6.07) is 6.68. The van der Waals surface area contributed by atoms with Crippen LogP contribution in [0.5, 0.6) is 5.75 Å². The number of benzene rings is 3. The quantitative estimate of drug-likeness (QED) is 0.156. The number of halogens is 9. The maximum atomic E-state index is 14.2. The predicted octanol–water partition coefficient (Wildman–Crippen LogP) is 8.26. The zero-order valence-electron chi connectivity index (χ0n) is 20.4. The number of anilines is 2. The van der Waals surface area contributed by atoms with E-state index in [1.165, 1.54) is 13.2 Å². The number of fused-ring (bicyclic) bond motifs is 1. The Morgan fingerprint density at radius 2 is 1.61 bits per heavy atom. The van der Waals surface area contributed by atoms with Crippen molar-refractivity contribution >= 4 is 67.2 Å². The molecule has 41 heavy (non-hydrogen) atoms. The van der Waals surface area contributed by atoms with Crippen LogP contribution in [0.25, 0.3) is 10.1 Å². The molecule has 1 heterocycles. The van der Waals surface area contributed by atoms with Crippen LogP contribution < -0.4 is 15.4 Å². The molecule has 0 aliphatic carbocycles. The van der Waals surface area contributed by atoms with Crippen LogP contribution in [0.2, 0.25) is 0 Å². The third-order valence-electron chi connectivity index (χ3n) is 5.69. The molecule has 15 heteroatoms. The van der Waals surface area contributed by atoms with Crippen molar-refractivity contribution in [3.63, 3.8) is 0 Å². The molecular weight excluding hydrogens is 699 g/mol. The Kier molecular flexibility index (Phi) is 8.50. The first-order valence-electron chi connectivity index (χ1n) is 11.2. The van der Waals surface area contributed by atoms with Crippen LogP contribution in [-0.4, -0.2) is 18.9 Å². The number of rotatable bonds is 6. The average molecular weight is 714 g/mol. The lowest BCUT2D eigenvalue weighted by Gasteiger charge is -2.13. The Bertz CT molecular complexity index is 1670. The molecule has 5 nitrogen and oxygen atoms in total. The normalized spacial score (nSPS) is 12.0. The van der Waals surface area contributed by atoms with Gasteiger partial charge in [-0.15, -0.1) is 11.3 Å². The average Bonchev–Trinajstić information content (AvgIpc) is 3.20. The summed E-state index contributed by atoms with van der Waals surface area (Å²) in [5, 5.41) is 4.82. The van der Waals surface area contributed by atoms with Crippen LogP contribution in [0.4, 0.5) is 46.5 Å². The molecule has 0 saturated carbocycles. The summed E-state index contributed by atoms with van der Waals surface area (Å²) in [5.74, 6) is -4.08. The third-order valence-corrected chi connectivity index (χ3v) is 7.67. The van der Waals surface area contributed by atoms with Crippen molar-refractivity contribution in [1.82, 2.24) is 0 Å². The zero-order valence-corrected chi connectivity index (χ0v) is 23.3. The van der Waals surface area contributed by atoms with E-state index < -0.39 is 53.3 Å². The molecule has 216 valence electrons. The second kappa shape index (κ2) is 11.4. The monoisotopic (exact) mass is 714 g/mol. The minimum Gasteiger partial charge on any atom is -0.496 e. The molecule has 3 aromatic carbocycles. The number of nitrogens with one attached hydrogen (secondary N) is 2. The summed E-state index contributed by atoms with van der Waals surface area (Å²) < 4.78 is 112. The predicted molar refractivity (Wildman–Crippen MR) is 144 cm³/mol. The number of alkyl halides is 6. The molecule has 0 aliphatic rings. The third kappa shape index (κ3) is 6.72. The van der Waals surface area contributed by atoms with E-state index in [1.807, 2.05) is 0 Å². The van der Waals surface area contributed by atoms with E-state index in [1.54, 1.807) is 22.6 Å². The van der Waals surface area contributed by atoms with Crippen molar-refractivity contribution in [3.8, 4) is 5.75 Å². The van der Waals surface area contributed by atoms with Crippen molar-refractivity contribution < 1.29 is 49.4 Å². The van der Waals surface area contributed by atoms with Crippen LogP contribution >= 0.6 is 33.9 Å². The minimum absolute atomic E-state index is 0.00302. The SMILES string of the molecule is COc1cc(I)c(F)cc1C(=O)Nc1c(CC(=O)Nc2ccc(F)c(C(F)(F)F)c2)sc2cc(C(F)(F)F)ccc12. The number of ether oxygens (including phenoxy) is 1. The molecule has 2 amide bonds. The van der Waals surface area contributed by atoms with Crippen molar-refractivity contribution in [2.45, 2.75) is 18.8 Å². The van der Waals surface area contributed by atoms with Gasteiger partial charge in [-0.3, -0.25) is 9.59 Å². The summed E-state index contributed by atoms with van der Waals surface area (Å²) in [6.45, 7) is 0. The molecule has 0 unspecified atom stereocenters. The second-order valence-electron chi connectivity index (χ2n) is 8.45. The van der Waals surface area contributed by atoms with E-state index in [0.717, 1.165) is 41.7 Å². The fraction of sp³-hybridized carbons (Fsp3) is 0.154. The lowest BCUT2D eigenvalue weighted by molar-refractivity contribution is -0.140. The highest BCUT2D eigenvalue weighted by atomic mass is 127. The van der Waals surface area contributed by atoms with Gasteiger partial charge in [-0.2, -0.15) is 26.3 Å². The van der Waals surface area contributed by atoms with Crippen LogP contribution in [0.3, 0.4) is 0 Å². The molecule has 4 aromatic rings. The lowest BCUT2D eigenvalue weighted by Crippen LogP contribution is -2.18. The topological polar surface area (TPSA) is 67.4 Å². The fourth-order valence-corrected chi connectivity index (χ4v) is 5.45. The van der Waals surface area contributed by atoms with Gasteiger partial charge in [0.15, 0.2) is 0 Å². The summed E-state index contributed by atoms with van der Waals surface area (Å²) in [5.41, 5.74) is -3.28. The van der Waals surface area contributed by atoms with Gasteiger partial charge in [0, 0.05) is 20.7 Å². The summed E-state index contributed by atoms with van der Waals surface area (Å²) in [7, 11) is 1.24. The molecule has 0 fully saturated rings. The van der Waals surface area contributed by atoms with Gasteiger partial charge in [0.25, 0.3) is 5.91 Å². The first kappa shape index (κ1) is 30.5. The van der Waals surface area contributed by atoms with Gasteiger partial charge in [-0.05, 0) is 65.1 Å². The molecule has 0 saturated heterocycles. The Balaban J connectivity index is 1.72. The van der Waals surface area contributed by atoms with Crippen molar-refractivity contribution in [3.05, 3.63) is 85.3 Å². The molecule has 0 aliphatic heterocycles. The summed E-state index contributed by atoms with van der Waals surface area (Å²) in [4.78, 5) is 26.0. The first-order chi connectivity index (χ1) is 19.1. The van der Waals surface area contributed by atoms with E-state index in [9.17, 15) is 44.7 Å². The molecule has 1 aromatic heterocycles. The molecular formula is C26H15F8IN2O3S. The Labute approximate surface area is 243 Å². The molecule has 0 bridgehead atoms. The number of methoxy groups -OCH3 is 1. The number of amides is 2. The van der Waals surface area contributed by atoms with E-state index in [2.05, 4.69) is 10.6 Å². The number of carbonyl (C=O) groups is 2. The minimum atomic E-state index is -5.03. The highest BCUT2D eigenvalue weighted by molar-refractivity contribution is 14.1. The van der Waals surface area contributed by atoms with Gasteiger partial charge in [0.05, 0.1) is 39.5 Å². The second-order valence-corrected chi connectivity index (χ2v) is 10.7. The van der Waals surface area contributed by atoms with Gasteiger partial charge < -0.3 is 15.4 Å². The highest BCUT2D eigenvalue weighted by Crippen LogP contribution is 2.41. The van der Waals surface area contributed by atoms with Gasteiger partial charge in [-0.25, -0.2) is 8.78 Å². The Hall–Kier alpha value is -3.47. The van der Waals surface area contributed by atoms with Crippen LogP contribution in [0.15, 0.2) is 48.5 Å². The highest BCUT2D eigenvalue weighted by Gasteiger charge is 2.34. The number of carbonyl (C=O) groups excluding carboxylic acids is 2. The maximum absolute atomic E-state index is 14.2. The molecule has 0 spiro atoms. The van der Waals surface area contributed by atoms with E-state index in [4.69, 9.17) is 4.74 Å². The lowest BCUT2D eigenvalue weighted by atomic mass is 10.1. The standard InChI is InChI=1S/C26H15F8IN2O3S/c1-40-19-9-18(35)17(28)8-14(19)24(39)37-23-13-4-2-11(25(29,30)31)6-20(13)41-21(23)10-22(38)36-12-3-5-16(27)15(7-12)26(32,33)34/h2-9H,10H2,1H3,(H,36,38)(H,37,39). The van der Waals surface area contributed by atoms with Gasteiger partial charge >= 0.3 is 12.4 Å². The maximum Gasteiger partial charge on any atom is 0.419 e. The van der Waals surface area contributed by atoms with Crippen LogP contribution in [0, 0.1) is 15.2 Å². The molecule has 4 rings (SSSR count).